The Labute approximate surface area is 93.8 Å². The largest absolute Gasteiger partial charge is 0.377 e. The van der Waals surface area contributed by atoms with E-state index in [1.807, 2.05) is 0 Å². The van der Waals surface area contributed by atoms with Crippen molar-refractivity contribution in [3.8, 4) is 0 Å². The van der Waals surface area contributed by atoms with Gasteiger partial charge in [0.05, 0.1) is 6.10 Å². The van der Waals surface area contributed by atoms with E-state index in [4.69, 9.17) is 4.74 Å². The maximum Gasteiger partial charge on any atom is 0.0669 e. The maximum atomic E-state index is 5.92. The molecule has 88 valence electrons. The predicted octanol–water partition coefficient (Wildman–Crippen LogP) is 2.58. The molecule has 1 heterocycles. The number of rotatable bonds is 3. The smallest absolute Gasteiger partial charge is 0.0669 e. The molecule has 1 saturated carbocycles. The average molecular weight is 211 g/mol. The van der Waals surface area contributed by atoms with E-state index < -0.39 is 0 Å². The summed E-state index contributed by atoms with van der Waals surface area (Å²) in [6.45, 7) is 11.2. The van der Waals surface area contributed by atoms with Crippen LogP contribution in [0.2, 0.25) is 0 Å². The lowest BCUT2D eigenvalue weighted by Gasteiger charge is -2.34. The zero-order valence-electron chi connectivity index (χ0n) is 10.6. The Morgan fingerprint density at radius 3 is 2.53 bits per heavy atom. The molecule has 0 aromatic carbocycles. The summed E-state index contributed by atoms with van der Waals surface area (Å²) in [5, 5.41) is 3.64. The van der Waals surface area contributed by atoms with Gasteiger partial charge in [-0.2, -0.15) is 0 Å². The molecule has 2 unspecified atom stereocenters. The highest BCUT2D eigenvalue weighted by atomic mass is 16.5. The SMILES string of the molecule is CC(C)(C)NCC1(C)CCOC1C1CC1. The molecule has 2 heteroatoms. The Hall–Kier alpha value is -0.0800. The van der Waals surface area contributed by atoms with Crippen LogP contribution in [0.3, 0.4) is 0 Å². The van der Waals surface area contributed by atoms with Crippen LogP contribution < -0.4 is 5.32 Å². The Morgan fingerprint density at radius 2 is 2.00 bits per heavy atom. The van der Waals surface area contributed by atoms with Crippen molar-refractivity contribution >= 4 is 0 Å². The van der Waals surface area contributed by atoms with Gasteiger partial charge in [-0.15, -0.1) is 0 Å². The number of ether oxygens (including phenoxy) is 1. The predicted molar refractivity (Wildman–Crippen MR) is 62.9 cm³/mol. The third-order valence-electron chi connectivity index (χ3n) is 3.73. The molecule has 0 amide bonds. The van der Waals surface area contributed by atoms with Crippen LogP contribution in [0.1, 0.15) is 47.0 Å². The fourth-order valence-corrected chi connectivity index (χ4v) is 2.52. The molecular formula is C13H25NO. The van der Waals surface area contributed by atoms with Crippen molar-refractivity contribution in [1.29, 1.82) is 0 Å². The van der Waals surface area contributed by atoms with E-state index in [0.29, 0.717) is 11.5 Å². The van der Waals surface area contributed by atoms with Crippen molar-refractivity contribution < 1.29 is 4.74 Å². The van der Waals surface area contributed by atoms with Crippen LogP contribution in [0.25, 0.3) is 0 Å². The van der Waals surface area contributed by atoms with Crippen LogP contribution in [-0.4, -0.2) is 24.8 Å². The lowest BCUT2D eigenvalue weighted by atomic mass is 9.80. The van der Waals surface area contributed by atoms with Crippen molar-refractivity contribution in [1.82, 2.24) is 5.32 Å². The first kappa shape index (κ1) is 11.4. The molecule has 0 aromatic heterocycles. The van der Waals surface area contributed by atoms with Crippen LogP contribution in [-0.2, 0) is 4.74 Å². The highest BCUT2D eigenvalue weighted by Crippen LogP contribution is 2.47. The van der Waals surface area contributed by atoms with Gasteiger partial charge in [-0.05, 0) is 46.0 Å². The third kappa shape index (κ3) is 2.73. The van der Waals surface area contributed by atoms with Gasteiger partial charge in [-0.1, -0.05) is 6.92 Å². The van der Waals surface area contributed by atoms with E-state index >= 15 is 0 Å². The second-order valence-corrected chi connectivity index (χ2v) is 6.64. The molecule has 2 nitrogen and oxygen atoms in total. The van der Waals surface area contributed by atoms with Gasteiger partial charge in [0, 0.05) is 24.1 Å². The quantitative estimate of drug-likeness (QED) is 0.774. The first-order valence-corrected chi connectivity index (χ1v) is 6.27. The Kier molecular flexibility index (Phi) is 2.85. The number of hydrogen-bond donors (Lipinski definition) is 1. The highest BCUT2D eigenvalue weighted by Gasteiger charge is 2.48. The molecule has 2 aliphatic rings. The van der Waals surface area contributed by atoms with Crippen molar-refractivity contribution in [3.63, 3.8) is 0 Å². The topological polar surface area (TPSA) is 21.3 Å². The molecular weight excluding hydrogens is 186 g/mol. The van der Waals surface area contributed by atoms with E-state index in [0.717, 1.165) is 19.1 Å². The van der Waals surface area contributed by atoms with Crippen molar-refractivity contribution in [2.75, 3.05) is 13.2 Å². The van der Waals surface area contributed by atoms with Gasteiger partial charge in [0.15, 0.2) is 0 Å². The van der Waals surface area contributed by atoms with E-state index in [9.17, 15) is 0 Å². The minimum Gasteiger partial charge on any atom is -0.377 e. The monoisotopic (exact) mass is 211 g/mol. The average Bonchev–Trinajstić information content (AvgIpc) is 2.87. The second-order valence-electron chi connectivity index (χ2n) is 6.64. The van der Waals surface area contributed by atoms with Gasteiger partial charge >= 0.3 is 0 Å². The van der Waals surface area contributed by atoms with Gasteiger partial charge in [0.1, 0.15) is 0 Å². The molecule has 2 rings (SSSR count). The minimum atomic E-state index is 0.222. The number of nitrogens with one attached hydrogen (secondary N) is 1. The summed E-state index contributed by atoms with van der Waals surface area (Å²) in [5.74, 6) is 0.860. The van der Waals surface area contributed by atoms with E-state index in [1.165, 1.54) is 19.3 Å². The van der Waals surface area contributed by atoms with Gasteiger partial charge in [0.25, 0.3) is 0 Å². The summed E-state index contributed by atoms with van der Waals surface area (Å²) in [7, 11) is 0. The fraction of sp³-hybridized carbons (Fsp3) is 1.00. The number of hydrogen-bond acceptors (Lipinski definition) is 2. The standard InChI is InChI=1S/C13H25NO/c1-12(2,3)14-9-13(4)7-8-15-11(13)10-5-6-10/h10-11,14H,5-9H2,1-4H3. The summed E-state index contributed by atoms with van der Waals surface area (Å²) in [6.07, 6.45) is 4.51. The molecule has 2 fully saturated rings. The summed E-state index contributed by atoms with van der Waals surface area (Å²) < 4.78 is 5.92. The van der Waals surface area contributed by atoms with Crippen LogP contribution in [0.5, 0.6) is 0 Å². The van der Waals surface area contributed by atoms with Crippen LogP contribution in [0.4, 0.5) is 0 Å². The van der Waals surface area contributed by atoms with Crippen molar-refractivity contribution in [3.05, 3.63) is 0 Å². The zero-order chi connectivity index (χ0) is 11.1. The first-order chi connectivity index (χ1) is 6.91. The molecule has 0 aromatic rings. The third-order valence-corrected chi connectivity index (χ3v) is 3.73. The van der Waals surface area contributed by atoms with Gasteiger partial charge in [0.2, 0.25) is 0 Å². The summed E-state index contributed by atoms with van der Waals surface area (Å²) in [5.41, 5.74) is 0.591. The van der Waals surface area contributed by atoms with Crippen molar-refractivity contribution in [2.45, 2.75) is 58.6 Å². The molecule has 1 aliphatic heterocycles. The lowest BCUT2D eigenvalue weighted by Crippen LogP contribution is -2.46. The Balaban J connectivity index is 1.92. The maximum absolute atomic E-state index is 5.92. The Bertz CT molecular complexity index is 229. The molecule has 1 N–H and O–H groups in total. The van der Waals surface area contributed by atoms with E-state index in [2.05, 4.69) is 33.0 Å². The summed E-state index contributed by atoms with van der Waals surface area (Å²) in [4.78, 5) is 0. The van der Waals surface area contributed by atoms with Gasteiger partial charge < -0.3 is 10.1 Å². The van der Waals surface area contributed by atoms with Gasteiger partial charge in [-0.3, -0.25) is 0 Å². The normalized spacial score (nSPS) is 37.2. The second kappa shape index (κ2) is 3.74. The zero-order valence-corrected chi connectivity index (χ0v) is 10.6. The molecule has 0 spiro atoms. The van der Waals surface area contributed by atoms with E-state index in [1.54, 1.807) is 0 Å². The van der Waals surface area contributed by atoms with Crippen molar-refractivity contribution in [2.24, 2.45) is 11.3 Å². The molecule has 0 radical (unpaired) electrons. The molecule has 2 atom stereocenters. The Morgan fingerprint density at radius 1 is 1.33 bits per heavy atom. The summed E-state index contributed by atoms with van der Waals surface area (Å²) >= 11 is 0. The fourth-order valence-electron chi connectivity index (χ4n) is 2.52. The summed E-state index contributed by atoms with van der Waals surface area (Å²) in [6, 6.07) is 0. The molecule has 15 heavy (non-hydrogen) atoms. The molecule has 1 saturated heterocycles. The van der Waals surface area contributed by atoms with E-state index in [-0.39, 0.29) is 5.54 Å². The minimum absolute atomic E-state index is 0.222. The molecule has 1 aliphatic carbocycles. The first-order valence-electron chi connectivity index (χ1n) is 6.27. The lowest BCUT2D eigenvalue weighted by molar-refractivity contribution is 0.0363. The molecule has 0 bridgehead atoms. The van der Waals surface area contributed by atoms with Crippen LogP contribution in [0.15, 0.2) is 0 Å². The highest BCUT2D eigenvalue weighted by molar-refractivity contribution is 4.98. The van der Waals surface area contributed by atoms with Crippen LogP contribution >= 0.6 is 0 Å². The van der Waals surface area contributed by atoms with Crippen LogP contribution in [0, 0.1) is 11.3 Å². The van der Waals surface area contributed by atoms with Gasteiger partial charge in [-0.25, -0.2) is 0 Å².